The van der Waals surface area contributed by atoms with Crippen LogP contribution in [-0.4, -0.2) is 223 Å². The Bertz CT molecular complexity index is 1440. The SMILES string of the molecule is O=P(O)(O)CN(CCN(CCN(CCN(CP(=O)(O)O)CP(=O)(O)O)CP(=O)(O)O)CP(=O)(O)O)CCN(CCN(CP(=O)(O)O)CP(=O)(O)O)CP(=O)(O)O.[K+]. The van der Waals surface area contributed by atoms with Crippen molar-refractivity contribution in [2.75, 3.05) is 116 Å². The molecule has 39 heteroatoms. The smallest absolute Gasteiger partial charge is 0.324 e. The van der Waals surface area contributed by atoms with Crippen molar-refractivity contribution < 1.29 is 166 Å². The van der Waals surface area contributed by atoms with E-state index in [4.69, 9.17) is 0 Å². The zero-order chi connectivity index (χ0) is 44.2. The third-order valence-electron chi connectivity index (χ3n) is 6.74. The predicted octanol–water partition coefficient (Wildman–Crippen LogP) is -7.12. The summed E-state index contributed by atoms with van der Waals surface area (Å²) in [4.78, 5) is 157. The Balaban J connectivity index is 0. The maximum absolute atomic E-state index is 12.0. The third-order valence-corrected chi connectivity index (χ3v) is 12.9. The predicted molar refractivity (Wildman–Crippen MR) is 195 cm³/mol. The Labute approximate surface area is 369 Å². The minimum Gasteiger partial charge on any atom is -0.324 e. The number of nitrogens with zero attached hydrogens (tertiary/aromatic N) is 6. The molecule has 0 amide bonds. The molecule has 0 aromatic carbocycles. The van der Waals surface area contributed by atoms with Crippen LogP contribution in [0.25, 0.3) is 0 Å². The van der Waals surface area contributed by atoms with E-state index in [0.717, 1.165) is 19.6 Å². The summed E-state index contributed by atoms with van der Waals surface area (Å²) in [5.74, 6) is 0. The Kier molecular flexibility index (Phi) is 28.1. The Hall–Kier alpha value is 2.60. The molecule has 0 unspecified atom stereocenters. The monoisotopic (exact) mass is 1020 g/mol. The topological polar surface area (TPSA) is 480 Å². The summed E-state index contributed by atoms with van der Waals surface area (Å²) >= 11 is 0. The molecular weight excluding hydrogens is 971 g/mol. The molecule has 30 nitrogen and oxygen atoms in total. The van der Waals surface area contributed by atoms with Crippen LogP contribution in [0, 0.1) is 0 Å². The van der Waals surface area contributed by atoms with Gasteiger partial charge < -0.3 is 78.3 Å². The van der Waals surface area contributed by atoms with Crippen LogP contribution >= 0.6 is 60.8 Å². The van der Waals surface area contributed by atoms with E-state index in [1.165, 1.54) is 0 Å². The molecule has 0 aromatic heterocycles. The minimum absolute atomic E-state index is 0. The van der Waals surface area contributed by atoms with Crippen LogP contribution < -0.4 is 51.4 Å². The van der Waals surface area contributed by atoms with Gasteiger partial charge in [-0.25, -0.2) is 0 Å². The van der Waals surface area contributed by atoms with Crippen LogP contribution in [0.5, 0.6) is 0 Å². The Morgan fingerprint density at radius 2 is 0.298 bits per heavy atom. The Morgan fingerprint density at radius 1 is 0.211 bits per heavy atom. The summed E-state index contributed by atoms with van der Waals surface area (Å²) in [6, 6.07) is 0. The van der Waals surface area contributed by atoms with Gasteiger partial charge >= 0.3 is 112 Å². The zero-order valence-corrected chi connectivity index (χ0v) is 40.7. The van der Waals surface area contributed by atoms with E-state index in [-0.39, 0.29) is 51.4 Å². The first-order chi connectivity index (χ1) is 24.7. The maximum atomic E-state index is 12.0. The summed E-state index contributed by atoms with van der Waals surface area (Å²) in [6.45, 7) is -4.75. The van der Waals surface area contributed by atoms with Crippen LogP contribution in [0.4, 0.5) is 0 Å². The first-order valence-corrected chi connectivity index (χ1v) is 29.8. The van der Waals surface area contributed by atoms with Crippen molar-refractivity contribution in [3.05, 3.63) is 0 Å². The summed E-state index contributed by atoms with van der Waals surface area (Å²) in [6.07, 6.45) is -8.70. The summed E-state index contributed by atoms with van der Waals surface area (Å²) in [7, 11) is -39.2. The van der Waals surface area contributed by atoms with Crippen molar-refractivity contribution in [3.8, 4) is 0 Å². The van der Waals surface area contributed by atoms with Crippen molar-refractivity contribution in [2.24, 2.45) is 0 Å². The fourth-order valence-corrected chi connectivity index (χ4v) is 11.5. The molecule has 0 heterocycles. The zero-order valence-electron chi connectivity index (χ0n) is 30.4. The van der Waals surface area contributed by atoms with Gasteiger partial charge in [-0.05, 0) is 0 Å². The van der Waals surface area contributed by atoms with Gasteiger partial charge in [0.25, 0.3) is 0 Å². The number of hydrogen-bond acceptors (Lipinski definition) is 14. The van der Waals surface area contributed by atoms with Gasteiger partial charge in [-0.15, -0.1) is 0 Å². The minimum atomic E-state index is -4.92. The summed E-state index contributed by atoms with van der Waals surface area (Å²) in [5, 5.41) is 0. The van der Waals surface area contributed by atoms with Crippen LogP contribution in [0.1, 0.15) is 0 Å². The molecule has 0 spiro atoms. The van der Waals surface area contributed by atoms with E-state index in [2.05, 4.69) is 0 Å². The van der Waals surface area contributed by atoms with Gasteiger partial charge in [0.15, 0.2) is 0 Å². The molecule has 0 radical (unpaired) electrons. The standard InChI is InChI=1S/C18H52N6O24P8.K/c25-49(26,27)11-19(3-5-21(13-51(31,32)33)7-9-23(15-53(37,38)39)16-54(40,41)42)1-2-20(12-50(28,29)30)4-6-22(14-52(34,35)36)8-10-24(17-55(43,44)45)18-56(46,47)48;/h1-18H2,(H2,25,26,27)(H2,28,29,30)(H2,31,32,33)(H2,34,35,36)(H2,37,38,39)(H2,40,41,42)(H2,43,44,45)(H2,46,47,48);/q;+1. The van der Waals surface area contributed by atoms with E-state index < -0.39 is 177 Å². The van der Waals surface area contributed by atoms with E-state index in [1.807, 2.05) is 0 Å². The van der Waals surface area contributed by atoms with Gasteiger partial charge in [-0.1, -0.05) is 0 Å². The maximum Gasteiger partial charge on any atom is 1.00 e. The summed E-state index contributed by atoms with van der Waals surface area (Å²) in [5.41, 5.74) is 0. The van der Waals surface area contributed by atoms with Gasteiger partial charge in [-0.2, -0.15) is 0 Å². The second-order valence-electron chi connectivity index (χ2n) is 12.7. The third kappa shape index (κ3) is 41.1. The molecule has 57 heavy (non-hydrogen) atoms. The molecule has 338 valence electrons. The van der Waals surface area contributed by atoms with Crippen LogP contribution in [0.2, 0.25) is 0 Å². The molecule has 0 rings (SSSR count). The van der Waals surface area contributed by atoms with Gasteiger partial charge in [0, 0.05) is 65.4 Å². The van der Waals surface area contributed by atoms with Crippen molar-refractivity contribution in [1.29, 1.82) is 0 Å². The van der Waals surface area contributed by atoms with E-state index >= 15 is 0 Å². The number of hydrogen-bond donors (Lipinski definition) is 16. The molecular formula is C18H52KN6O24P8+. The number of rotatable bonds is 31. The molecule has 0 aliphatic heterocycles. The fraction of sp³-hybridized carbons (Fsp3) is 1.00. The van der Waals surface area contributed by atoms with Crippen LogP contribution in [-0.2, 0) is 36.5 Å². The first kappa shape index (κ1) is 61.7. The molecule has 16 N–H and O–H groups in total. The van der Waals surface area contributed by atoms with Gasteiger partial charge in [0.05, 0.1) is 0 Å². The average Bonchev–Trinajstić information content (AvgIpc) is 2.87. The van der Waals surface area contributed by atoms with Crippen molar-refractivity contribution in [2.45, 2.75) is 0 Å². The van der Waals surface area contributed by atoms with Crippen molar-refractivity contribution in [1.82, 2.24) is 29.4 Å². The normalized spacial score (nSPS) is 14.5. The molecule has 0 bridgehead atoms. The molecule has 0 saturated heterocycles. The van der Waals surface area contributed by atoms with Gasteiger partial charge in [-0.3, -0.25) is 65.9 Å². The van der Waals surface area contributed by atoms with Gasteiger partial charge in [0.2, 0.25) is 0 Å². The van der Waals surface area contributed by atoms with Crippen molar-refractivity contribution in [3.63, 3.8) is 0 Å². The van der Waals surface area contributed by atoms with Gasteiger partial charge in [0.1, 0.15) is 50.3 Å². The molecule has 0 aliphatic rings. The molecule has 0 aromatic rings. The molecule has 0 atom stereocenters. The molecule has 0 saturated carbocycles. The largest absolute Gasteiger partial charge is 1.00 e. The second-order valence-corrected chi connectivity index (χ2v) is 25.6. The van der Waals surface area contributed by atoms with Crippen LogP contribution in [0.3, 0.4) is 0 Å². The molecule has 0 aliphatic carbocycles. The van der Waals surface area contributed by atoms with E-state index in [1.54, 1.807) is 0 Å². The quantitative estimate of drug-likeness (QED) is 0.0227. The first-order valence-electron chi connectivity index (χ1n) is 15.4. The molecule has 0 fully saturated rings. The average molecular weight is 1020 g/mol. The van der Waals surface area contributed by atoms with E-state index in [0.29, 0.717) is 9.80 Å². The fourth-order valence-electron chi connectivity index (χ4n) is 4.88. The Morgan fingerprint density at radius 3 is 0.404 bits per heavy atom. The van der Waals surface area contributed by atoms with Crippen molar-refractivity contribution >= 4 is 60.8 Å². The second kappa shape index (κ2) is 25.9. The van der Waals surface area contributed by atoms with Crippen LogP contribution in [0.15, 0.2) is 0 Å². The van der Waals surface area contributed by atoms with E-state index in [9.17, 15) is 115 Å². The summed E-state index contributed by atoms with van der Waals surface area (Å²) < 4.78 is 93.6.